The molecule has 0 spiro atoms. The first-order valence-corrected chi connectivity index (χ1v) is 6.75. The van der Waals surface area contributed by atoms with Gasteiger partial charge in [-0.3, -0.25) is 0 Å². The van der Waals surface area contributed by atoms with E-state index in [0.717, 1.165) is 17.7 Å². The second-order valence-electron chi connectivity index (χ2n) is 5.28. The Labute approximate surface area is 119 Å². The van der Waals surface area contributed by atoms with Crippen molar-refractivity contribution in [2.45, 2.75) is 33.2 Å². The molecule has 106 valence electrons. The number of benzene rings is 2. The first-order chi connectivity index (χ1) is 9.45. The monoisotopic (exact) mass is 273 g/mol. The van der Waals surface area contributed by atoms with Crippen LogP contribution < -0.4 is 10.5 Å². The van der Waals surface area contributed by atoms with Crippen LogP contribution in [0.4, 0.5) is 4.39 Å². The minimum Gasteiger partial charge on any atom is -0.457 e. The lowest BCUT2D eigenvalue weighted by atomic mass is 10.0. The smallest absolute Gasteiger partial charge is 0.127 e. The normalized spacial score (nSPS) is 12.2. The minimum atomic E-state index is -0.221. The van der Waals surface area contributed by atoms with Gasteiger partial charge in [-0.25, -0.2) is 4.39 Å². The third-order valence-electron chi connectivity index (χ3n) is 3.22. The topological polar surface area (TPSA) is 35.2 Å². The molecule has 0 bridgehead atoms. The molecule has 0 saturated heterocycles. The number of hydrogen-bond acceptors (Lipinski definition) is 2. The predicted octanol–water partition coefficient (Wildman–Crippen LogP) is 4.12. The Morgan fingerprint density at radius 1 is 1.05 bits per heavy atom. The van der Waals surface area contributed by atoms with Gasteiger partial charge in [0.05, 0.1) is 0 Å². The highest BCUT2D eigenvalue weighted by Gasteiger charge is 2.05. The maximum atomic E-state index is 13.2. The first kappa shape index (κ1) is 14.5. The van der Waals surface area contributed by atoms with Crippen LogP contribution in [0.2, 0.25) is 0 Å². The molecule has 20 heavy (non-hydrogen) atoms. The molecule has 0 aliphatic rings. The molecule has 0 aromatic heterocycles. The lowest BCUT2D eigenvalue weighted by Gasteiger charge is -2.12. The van der Waals surface area contributed by atoms with Gasteiger partial charge in [0.15, 0.2) is 0 Å². The Morgan fingerprint density at radius 3 is 2.20 bits per heavy atom. The molecule has 0 amide bonds. The molecule has 2 nitrogen and oxygen atoms in total. The Kier molecular flexibility index (Phi) is 4.40. The Morgan fingerprint density at radius 2 is 1.65 bits per heavy atom. The van der Waals surface area contributed by atoms with Gasteiger partial charge in [0.2, 0.25) is 0 Å². The van der Waals surface area contributed by atoms with Crippen LogP contribution in [0, 0.1) is 19.7 Å². The summed E-state index contributed by atoms with van der Waals surface area (Å²) in [5.74, 6) is 1.17. The third-order valence-corrected chi connectivity index (χ3v) is 3.22. The highest BCUT2D eigenvalue weighted by Crippen LogP contribution is 2.25. The molecule has 0 heterocycles. The minimum absolute atomic E-state index is 0.139. The fourth-order valence-electron chi connectivity index (χ4n) is 2.12. The molecule has 2 rings (SSSR count). The Hall–Kier alpha value is -1.87. The number of ether oxygens (including phenoxy) is 1. The van der Waals surface area contributed by atoms with Crippen LogP contribution in [0.5, 0.6) is 11.5 Å². The lowest BCUT2D eigenvalue weighted by Crippen LogP contribution is -2.18. The molecule has 2 aromatic rings. The number of aryl methyl sites for hydroxylation is 2. The summed E-state index contributed by atoms with van der Waals surface area (Å²) in [7, 11) is 0. The third kappa shape index (κ3) is 3.58. The molecule has 2 N–H and O–H groups in total. The van der Waals surface area contributed by atoms with E-state index < -0.39 is 0 Å². The summed E-state index contributed by atoms with van der Waals surface area (Å²) >= 11 is 0. The fourth-order valence-corrected chi connectivity index (χ4v) is 2.12. The average Bonchev–Trinajstić information content (AvgIpc) is 2.37. The van der Waals surface area contributed by atoms with Gasteiger partial charge in [-0.2, -0.15) is 0 Å². The molecular weight excluding hydrogens is 253 g/mol. The largest absolute Gasteiger partial charge is 0.457 e. The van der Waals surface area contributed by atoms with E-state index in [1.54, 1.807) is 19.1 Å². The van der Waals surface area contributed by atoms with Crippen molar-refractivity contribution in [3.8, 4) is 11.5 Å². The van der Waals surface area contributed by atoms with E-state index in [9.17, 15) is 4.39 Å². The number of rotatable bonds is 4. The van der Waals surface area contributed by atoms with Gasteiger partial charge >= 0.3 is 0 Å². The summed E-state index contributed by atoms with van der Waals surface area (Å²) in [6, 6.07) is 10.8. The van der Waals surface area contributed by atoms with Gasteiger partial charge in [-0.1, -0.05) is 6.07 Å². The quantitative estimate of drug-likeness (QED) is 0.909. The molecule has 0 aliphatic carbocycles. The van der Waals surface area contributed by atoms with Crippen molar-refractivity contribution in [2.24, 2.45) is 5.73 Å². The molecular formula is C17H20FNO. The lowest BCUT2D eigenvalue weighted by molar-refractivity contribution is 0.479. The van der Waals surface area contributed by atoms with Gasteiger partial charge in [-0.05, 0) is 74.2 Å². The van der Waals surface area contributed by atoms with Crippen LogP contribution in [0.25, 0.3) is 0 Å². The maximum Gasteiger partial charge on any atom is 0.127 e. The van der Waals surface area contributed by atoms with Gasteiger partial charge in [0.1, 0.15) is 17.3 Å². The van der Waals surface area contributed by atoms with E-state index >= 15 is 0 Å². The molecule has 3 heteroatoms. The van der Waals surface area contributed by atoms with Gasteiger partial charge in [0.25, 0.3) is 0 Å². The summed E-state index contributed by atoms with van der Waals surface area (Å²) in [4.78, 5) is 0. The number of hydrogen-bond donors (Lipinski definition) is 1. The molecule has 0 radical (unpaired) electrons. The van der Waals surface area contributed by atoms with E-state index in [2.05, 4.69) is 0 Å². The summed E-state index contributed by atoms with van der Waals surface area (Å²) in [5.41, 5.74) is 8.77. The number of nitrogens with two attached hydrogens (primary N) is 1. The van der Waals surface area contributed by atoms with Crippen LogP contribution in [0.3, 0.4) is 0 Å². The van der Waals surface area contributed by atoms with Gasteiger partial charge < -0.3 is 10.5 Å². The predicted molar refractivity (Wildman–Crippen MR) is 79.7 cm³/mol. The van der Waals surface area contributed by atoms with Crippen LogP contribution in [-0.2, 0) is 6.42 Å². The van der Waals surface area contributed by atoms with E-state index in [-0.39, 0.29) is 11.9 Å². The van der Waals surface area contributed by atoms with Crippen molar-refractivity contribution < 1.29 is 9.13 Å². The molecule has 2 aromatic carbocycles. The summed E-state index contributed by atoms with van der Waals surface area (Å²) in [6.07, 6.45) is 0.849. The second-order valence-corrected chi connectivity index (χ2v) is 5.28. The van der Waals surface area contributed by atoms with Gasteiger partial charge in [0, 0.05) is 6.04 Å². The van der Waals surface area contributed by atoms with Crippen LogP contribution in [-0.4, -0.2) is 6.04 Å². The van der Waals surface area contributed by atoms with Crippen molar-refractivity contribution in [2.75, 3.05) is 0 Å². The summed E-state index contributed by atoms with van der Waals surface area (Å²) in [5, 5.41) is 0. The zero-order valence-corrected chi connectivity index (χ0v) is 12.1. The SMILES string of the molecule is Cc1cc(Oc2ccc(CC(C)N)c(C)c2)ccc1F. The van der Waals surface area contributed by atoms with Crippen molar-refractivity contribution >= 4 is 0 Å². The first-order valence-electron chi connectivity index (χ1n) is 6.75. The van der Waals surface area contributed by atoms with Crippen LogP contribution in [0.1, 0.15) is 23.6 Å². The zero-order valence-electron chi connectivity index (χ0n) is 12.1. The highest BCUT2D eigenvalue weighted by molar-refractivity contribution is 5.39. The standard InChI is InChI=1S/C17H20FNO/c1-11-8-15(5-4-14(11)10-13(3)19)20-16-6-7-17(18)12(2)9-16/h4-9,13H,10,19H2,1-3H3. The van der Waals surface area contributed by atoms with Crippen molar-refractivity contribution in [1.82, 2.24) is 0 Å². The van der Waals surface area contributed by atoms with Gasteiger partial charge in [-0.15, -0.1) is 0 Å². The molecule has 0 aliphatic heterocycles. The molecule has 1 atom stereocenters. The second kappa shape index (κ2) is 6.06. The highest BCUT2D eigenvalue weighted by atomic mass is 19.1. The van der Waals surface area contributed by atoms with E-state index in [1.165, 1.54) is 11.6 Å². The zero-order chi connectivity index (χ0) is 14.7. The summed E-state index contributed by atoms with van der Waals surface area (Å²) < 4.78 is 19.0. The molecule has 0 fully saturated rings. The van der Waals surface area contributed by atoms with Crippen LogP contribution in [0.15, 0.2) is 36.4 Å². The van der Waals surface area contributed by atoms with E-state index in [1.807, 2.05) is 32.0 Å². The molecule has 1 unspecified atom stereocenters. The van der Waals surface area contributed by atoms with Crippen LogP contribution >= 0.6 is 0 Å². The average molecular weight is 273 g/mol. The summed E-state index contributed by atoms with van der Waals surface area (Å²) in [6.45, 7) is 5.75. The van der Waals surface area contributed by atoms with E-state index in [4.69, 9.17) is 10.5 Å². The maximum absolute atomic E-state index is 13.2. The Balaban J connectivity index is 2.17. The van der Waals surface area contributed by atoms with E-state index in [0.29, 0.717) is 11.3 Å². The fraction of sp³-hybridized carbons (Fsp3) is 0.294. The number of halogens is 1. The van der Waals surface area contributed by atoms with Crippen molar-refractivity contribution in [3.63, 3.8) is 0 Å². The van der Waals surface area contributed by atoms with Crippen molar-refractivity contribution in [1.29, 1.82) is 0 Å². The van der Waals surface area contributed by atoms with Crippen molar-refractivity contribution in [3.05, 3.63) is 58.9 Å². The molecule has 0 saturated carbocycles. The Bertz CT molecular complexity index is 608.